The predicted octanol–water partition coefficient (Wildman–Crippen LogP) is 2.95. The van der Waals surface area contributed by atoms with E-state index in [1.807, 2.05) is 53.1 Å². The molecule has 3 aromatic rings. The molecule has 0 aliphatic carbocycles. The first-order valence-corrected chi connectivity index (χ1v) is 9.36. The highest BCUT2D eigenvalue weighted by atomic mass is 16.6. The molecule has 2 heterocycles. The molecule has 0 saturated carbocycles. The van der Waals surface area contributed by atoms with Crippen LogP contribution in [-0.4, -0.2) is 34.4 Å². The zero-order valence-corrected chi connectivity index (χ0v) is 16.5. The minimum absolute atomic E-state index is 0.109. The Morgan fingerprint density at radius 1 is 1.14 bits per heavy atom. The van der Waals surface area contributed by atoms with E-state index in [-0.39, 0.29) is 19.0 Å². The first-order chi connectivity index (χ1) is 14.1. The number of carbonyl (C=O) groups is 2. The number of pyridine rings is 1. The van der Waals surface area contributed by atoms with Gasteiger partial charge in [-0.2, -0.15) is 0 Å². The van der Waals surface area contributed by atoms with Gasteiger partial charge in [-0.25, -0.2) is 9.78 Å². The summed E-state index contributed by atoms with van der Waals surface area (Å²) in [6.45, 7) is 3.64. The number of fused-ring (bicyclic) bond motifs is 1. The summed E-state index contributed by atoms with van der Waals surface area (Å²) in [5, 5.41) is 0. The number of hydrogen-bond acceptors (Lipinski definition) is 5. The van der Waals surface area contributed by atoms with Crippen molar-refractivity contribution in [1.82, 2.24) is 9.38 Å². The van der Waals surface area contributed by atoms with Gasteiger partial charge in [-0.3, -0.25) is 9.20 Å². The first-order valence-electron chi connectivity index (χ1n) is 9.36. The summed E-state index contributed by atoms with van der Waals surface area (Å²) in [4.78, 5) is 27.4. The number of Topliss-reactive ketones (excluding diaryl/α,β-unsaturated/α-hetero) is 1. The van der Waals surface area contributed by atoms with Crippen LogP contribution in [0.5, 0.6) is 0 Å². The Labute approximate surface area is 169 Å². The lowest BCUT2D eigenvalue weighted by molar-refractivity contribution is -0.148. The van der Waals surface area contributed by atoms with Crippen LogP contribution in [-0.2, 0) is 32.1 Å². The molecule has 3 rings (SSSR count). The van der Waals surface area contributed by atoms with Crippen molar-refractivity contribution in [2.45, 2.75) is 26.9 Å². The van der Waals surface area contributed by atoms with Gasteiger partial charge in [0, 0.05) is 18.2 Å². The van der Waals surface area contributed by atoms with Gasteiger partial charge in [-0.05, 0) is 49.6 Å². The monoisotopic (exact) mass is 390 g/mol. The Morgan fingerprint density at radius 2 is 2.00 bits per heavy atom. The summed E-state index contributed by atoms with van der Waals surface area (Å²) >= 11 is 0. The molecule has 1 aromatic carbocycles. The fraction of sp³-hybridized carbons (Fsp3) is 0.261. The Kier molecular flexibility index (Phi) is 6.77. The van der Waals surface area contributed by atoms with E-state index in [0.717, 1.165) is 16.8 Å². The van der Waals surface area contributed by atoms with Crippen molar-refractivity contribution >= 4 is 17.4 Å². The number of ketones is 1. The third-order valence-corrected chi connectivity index (χ3v) is 4.07. The lowest BCUT2D eigenvalue weighted by Gasteiger charge is -2.03. The number of esters is 1. The van der Waals surface area contributed by atoms with Crippen LogP contribution in [0.4, 0.5) is 0 Å². The molecule has 0 N–H and O–H groups in total. The third kappa shape index (κ3) is 5.53. The largest absolute Gasteiger partial charge is 0.464 e. The molecule has 0 atom stereocenters. The van der Waals surface area contributed by atoms with Gasteiger partial charge in [0.1, 0.15) is 29.4 Å². The molecule has 0 aliphatic heterocycles. The average molecular weight is 390 g/mol. The van der Waals surface area contributed by atoms with Gasteiger partial charge in [0.25, 0.3) is 0 Å². The van der Waals surface area contributed by atoms with Gasteiger partial charge in [0.05, 0.1) is 13.2 Å². The second-order valence-electron chi connectivity index (χ2n) is 6.46. The molecule has 29 heavy (non-hydrogen) atoms. The van der Waals surface area contributed by atoms with Crippen molar-refractivity contribution < 1.29 is 19.1 Å². The number of hydrogen-bond donors (Lipinski definition) is 0. The van der Waals surface area contributed by atoms with Crippen LogP contribution in [0.15, 0.2) is 48.7 Å². The second-order valence-corrected chi connectivity index (χ2v) is 6.46. The summed E-state index contributed by atoms with van der Waals surface area (Å²) in [5.74, 6) is 6.01. The molecule has 0 radical (unpaired) electrons. The van der Waals surface area contributed by atoms with Crippen LogP contribution >= 0.6 is 0 Å². The van der Waals surface area contributed by atoms with E-state index in [1.165, 1.54) is 0 Å². The topological polar surface area (TPSA) is 69.9 Å². The zero-order valence-electron chi connectivity index (χ0n) is 16.5. The number of rotatable bonds is 7. The number of carbonyl (C=O) groups excluding carboxylic acids is 2. The first kappa shape index (κ1) is 20.3. The van der Waals surface area contributed by atoms with E-state index in [9.17, 15) is 9.59 Å². The molecule has 0 fully saturated rings. The summed E-state index contributed by atoms with van der Waals surface area (Å²) in [7, 11) is 0. The quantitative estimate of drug-likeness (QED) is 0.458. The molecule has 0 spiro atoms. The summed E-state index contributed by atoms with van der Waals surface area (Å²) < 4.78 is 12.2. The normalized spacial score (nSPS) is 10.4. The van der Waals surface area contributed by atoms with E-state index in [4.69, 9.17) is 9.47 Å². The zero-order chi connectivity index (χ0) is 20.6. The van der Waals surface area contributed by atoms with Crippen molar-refractivity contribution in [2.75, 3.05) is 13.2 Å². The van der Waals surface area contributed by atoms with Crippen LogP contribution < -0.4 is 0 Å². The third-order valence-electron chi connectivity index (χ3n) is 4.07. The maximum Gasteiger partial charge on any atom is 0.332 e. The number of benzene rings is 1. The SMILES string of the molecule is CCOC(=O)COCc1nc2ccccn2c1C#Cc1cccc(CC(C)=O)c1. The minimum atomic E-state index is -0.411. The number of nitrogens with zero attached hydrogens (tertiary/aromatic N) is 2. The van der Waals surface area contributed by atoms with E-state index < -0.39 is 5.97 Å². The maximum absolute atomic E-state index is 11.5. The van der Waals surface area contributed by atoms with Gasteiger partial charge in [-0.15, -0.1) is 0 Å². The van der Waals surface area contributed by atoms with Crippen LogP contribution in [0.1, 0.15) is 36.4 Å². The predicted molar refractivity (Wildman–Crippen MR) is 108 cm³/mol. The molecule has 0 aliphatic rings. The molecular formula is C23H22N2O4. The van der Waals surface area contributed by atoms with Crippen LogP contribution in [0.25, 0.3) is 5.65 Å². The fourth-order valence-electron chi connectivity index (χ4n) is 2.89. The van der Waals surface area contributed by atoms with E-state index in [2.05, 4.69) is 16.8 Å². The molecule has 0 unspecified atom stereocenters. The van der Waals surface area contributed by atoms with Crippen LogP contribution in [0.2, 0.25) is 0 Å². The highest BCUT2D eigenvalue weighted by Crippen LogP contribution is 2.14. The molecular weight excluding hydrogens is 368 g/mol. The standard InChI is InChI=1S/C23H22N2O4/c1-3-29-23(27)16-28-15-20-21(25-12-5-4-9-22(25)24-20)11-10-18-7-6-8-19(14-18)13-17(2)26/h4-9,12,14H,3,13,15-16H2,1-2H3. The number of ether oxygens (including phenoxy) is 2. The van der Waals surface area contributed by atoms with Gasteiger partial charge in [0.15, 0.2) is 0 Å². The van der Waals surface area contributed by atoms with Crippen molar-refractivity contribution in [1.29, 1.82) is 0 Å². The average Bonchev–Trinajstić information content (AvgIpc) is 3.04. The van der Waals surface area contributed by atoms with Crippen molar-refractivity contribution in [3.05, 3.63) is 71.2 Å². The minimum Gasteiger partial charge on any atom is -0.464 e. The van der Waals surface area contributed by atoms with Gasteiger partial charge >= 0.3 is 5.97 Å². The maximum atomic E-state index is 11.5. The Balaban J connectivity index is 1.86. The second kappa shape index (κ2) is 9.67. The lowest BCUT2D eigenvalue weighted by Crippen LogP contribution is -2.12. The Hall–Kier alpha value is -3.43. The van der Waals surface area contributed by atoms with Crippen LogP contribution in [0.3, 0.4) is 0 Å². The summed E-state index contributed by atoms with van der Waals surface area (Å²) in [5.41, 5.74) is 3.83. The summed E-state index contributed by atoms with van der Waals surface area (Å²) in [6.07, 6.45) is 2.27. The van der Waals surface area contributed by atoms with E-state index in [0.29, 0.717) is 24.4 Å². The van der Waals surface area contributed by atoms with Gasteiger partial charge < -0.3 is 9.47 Å². The van der Waals surface area contributed by atoms with Crippen molar-refractivity contribution in [2.24, 2.45) is 0 Å². The molecule has 2 aromatic heterocycles. The van der Waals surface area contributed by atoms with Crippen molar-refractivity contribution in [3.8, 4) is 11.8 Å². The fourth-order valence-corrected chi connectivity index (χ4v) is 2.89. The Morgan fingerprint density at radius 3 is 2.79 bits per heavy atom. The van der Waals surface area contributed by atoms with Crippen molar-refractivity contribution in [3.63, 3.8) is 0 Å². The van der Waals surface area contributed by atoms with Gasteiger partial charge in [0.2, 0.25) is 0 Å². The lowest BCUT2D eigenvalue weighted by atomic mass is 10.1. The molecule has 0 bridgehead atoms. The molecule has 0 amide bonds. The number of imidazole rings is 1. The molecule has 148 valence electrons. The molecule has 0 saturated heterocycles. The Bertz CT molecular complexity index is 1090. The molecule has 6 nitrogen and oxygen atoms in total. The molecule has 6 heteroatoms. The van der Waals surface area contributed by atoms with E-state index >= 15 is 0 Å². The summed E-state index contributed by atoms with van der Waals surface area (Å²) in [6, 6.07) is 13.3. The van der Waals surface area contributed by atoms with Gasteiger partial charge in [-0.1, -0.05) is 24.1 Å². The van der Waals surface area contributed by atoms with E-state index in [1.54, 1.807) is 13.8 Å². The smallest absolute Gasteiger partial charge is 0.332 e. The highest BCUT2D eigenvalue weighted by molar-refractivity contribution is 5.78. The highest BCUT2D eigenvalue weighted by Gasteiger charge is 2.11. The number of aromatic nitrogens is 2. The van der Waals surface area contributed by atoms with Crippen LogP contribution in [0, 0.1) is 11.8 Å².